The zero-order valence-electron chi connectivity index (χ0n) is 12.3. The molecule has 0 aliphatic heterocycles. The lowest BCUT2D eigenvalue weighted by Gasteiger charge is -2.17. The highest BCUT2D eigenvalue weighted by atomic mass is 16.5. The average molecular weight is 288 g/mol. The Balaban J connectivity index is 3.50. The van der Waals surface area contributed by atoms with E-state index in [4.69, 9.17) is 9.84 Å². The lowest BCUT2D eigenvalue weighted by atomic mass is 9.96. The summed E-state index contributed by atoms with van der Waals surface area (Å²) in [4.78, 5) is 33.1. The van der Waals surface area contributed by atoms with Crippen LogP contribution >= 0.6 is 0 Å². The minimum Gasteiger partial charge on any atom is -0.480 e. The van der Waals surface area contributed by atoms with E-state index in [9.17, 15) is 14.4 Å². The molecule has 0 spiro atoms. The van der Waals surface area contributed by atoms with Crippen molar-refractivity contribution in [3.63, 3.8) is 0 Å². The normalized spacial score (nSPS) is 10.9. The van der Waals surface area contributed by atoms with Crippen molar-refractivity contribution in [3.8, 4) is 0 Å². The summed E-state index contributed by atoms with van der Waals surface area (Å²) in [5, 5.41) is 13.7. The first kappa shape index (κ1) is 18.4. The van der Waals surface area contributed by atoms with Gasteiger partial charge < -0.3 is 20.5 Å². The van der Waals surface area contributed by atoms with E-state index in [0.29, 0.717) is 19.4 Å². The summed E-state index contributed by atoms with van der Waals surface area (Å²) in [5.74, 6) is -1.22. The maximum atomic E-state index is 11.5. The maximum absolute atomic E-state index is 11.5. The molecule has 0 aromatic rings. The molecule has 0 radical (unpaired) electrons. The molecule has 0 aliphatic rings. The number of carbonyl (C=O) groups excluding carboxylic acids is 2. The second-order valence-electron chi connectivity index (χ2n) is 5.41. The van der Waals surface area contributed by atoms with Crippen LogP contribution in [0, 0.1) is 5.41 Å². The highest BCUT2D eigenvalue weighted by Crippen LogP contribution is 2.12. The highest BCUT2D eigenvalue weighted by molar-refractivity contribution is 5.81. The van der Waals surface area contributed by atoms with Gasteiger partial charge in [0.25, 0.3) is 0 Å². The summed E-state index contributed by atoms with van der Waals surface area (Å²) in [6.45, 7) is 6.01. The van der Waals surface area contributed by atoms with Crippen molar-refractivity contribution in [1.82, 2.24) is 10.6 Å². The summed E-state index contributed by atoms with van der Waals surface area (Å²) in [7, 11) is 0. The van der Waals surface area contributed by atoms with Crippen LogP contribution in [-0.2, 0) is 19.1 Å². The Labute approximate surface area is 119 Å². The van der Waals surface area contributed by atoms with Gasteiger partial charge in [-0.1, -0.05) is 20.8 Å². The van der Waals surface area contributed by atoms with Gasteiger partial charge in [-0.05, 0) is 6.42 Å². The molecule has 0 heterocycles. The summed E-state index contributed by atoms with van der Waals surface area (Å²) >= 11 is 0. The fourth-order valence-electron chi connectivity index (χ4n) is 1.23. The van der Waals surface area contributed by atoms with E-state index in [2.05, 4.69) is 10.6 Å². The Kier molecular flexibility index (Phi) is 8.54. The van der Waals surface area contributed by atoms with E-state index in [1.165, 1.54) is 0 Å². The molecule has 0 unspecified atom stereocenters. The fraction of sp³-hybridized carbons (Fsp3) is 0.769. The molecule has 2 amide bonds. The molecule has 0 aromatic carbocycles. The van der Waals surface area contributed by atoms with E-state index < -0.39 is 11.4 Å². The largest absolute Gasteiger partial charge is 0.480 e. The number of carbonyl (C=O) groups is 3. The third-order valence-corrected chi connectivity index (χ3v) is 2.34. The number of aliphatic carboxylic acids is 1. The number of hydrogen-bond acceptors (Lipinski definition) is 4. The van der Waals surface area contributed by atoms with Gasteiger partial charge in [0.1, 0.15) is 6.61 Å². The number of carboxylic acid groups (broad SMARTS) is 1. The van der Waals surface area contributed by atoms with Gasteiger partial charge in [-0.15, -0.1) is 0 Å². The number of carboxylic acids is 1. The lowest BCUT2D eigenvalue weighted by molar-refractivity contribution is -0.142. The van der Waals surface area contributed by atoms with Crippen LogP contribution in [0.4, 0.5) is 0 Å². The van der Waals surface area contributed by atoms with E-state index in [1.807, 2.05) is 20.8 Å². The minimum atomic E-state index is -1.04. The molecule has 3 N–H and O–H groups in total. The van der Waals surface area contributed by atoms with Crippen molar-refractivity contribution in [2.75, 3.05) is 26.3 Å². The molecule has 0 bridgehead atoms. The van der Waals surface area contributed by atoms with Crippen LogP contribution in [0.2, 0.25) is 0 Å². The fourth-order valence-corrected chi connectivity index (χ4v) is 1.23. The van der Waals surface area contributed by atoms with Crippen LogP contribution in [-0.4, -0.2) is 49.2 Å². The number of rotatable bonds is 9. The molecule has 0 aliphatic carbocycles. The standard InChI is InChI=1S/C13H24N2O5/c1-13(2,3)12(19)15-6-4-5-10(16)14-7-8-20-9-11(17)18/h4-9H2,1-3H3,(H,14,16)(H,15,19)(H,17,18). The molecule has 0 rings (SSSR count). The van der Waals surface area contributed by atoms with Crippen LogP contribution in [0.25, 0.3) is 0 Å². The second kappa shape index (κ2) is 9.30. The lowest BCUT2D eigenvalue weighted by Crippen LogP contribution is -2.36. The number of amides is 2. The molecule has 0 fully saturated rings. The predicted molar refractivity (Wildman–Crippen MR) is 73.2 cm³/mol. The zero-order valence-corrected chi connectivity index (χ0v) is 12.3. The van der Waals surface area contributed by atoms with Crippen LogP contribution < -0.4 is 10.6 Å². The first-order chi connectivity index (χ1) is 9.23. The zero-order chi connectivity index (χ0) is 15.6. The van der Waals surface area contributed by atoms with Gasteiger partial charge >= 0.3 is 5.97 Å². The third kappa shape index (κ3) is 10.3. The second-order valence-corrected chi connectivity index (χ2v) is 5.41. The predicted octanol–water partition coefficient (Wildman–Crippen LogP) is 0.146. The summed E-state index contributed by atoms with van der Waals surface area (Å²) in [6, 6.07) is 0. The van der Waals surface area contributed by atoms with Crippen molar-refractivity contribution < 1.29 is 24.2 Å². The van der Waals surface area contributed by atoms with E-state index in [1.54, 1.807) is 0 Å². The van der Waals surface area contributed by atoms with E-state index in [0.717, 1.165) is 0 Å². The molecule has 116 valence electrons. The van der Waals surface area contributed by atoms with Crippen LogP contribution in [0.3, 0.4) is 0 Å². The molecular weight excluding hydrogens is 264 g/mol. The monoisotopic (exact) mass is 288 g/mol. The van der Waals surface area contributed by atoms with Gasteiger partial charge in [0.15, 0.2) is 0 Å². The number of ether oxygens (including phenoxy) is 1. The summed E-state index contributed by atoms with van der Waals surface area (Å²) < 4.78 is 4.77. The Morgan fingerprint density at radius 3 is 2.30 bits per heavy atom. The third-order valence-electron chi connectivity index (χ3n) is 2.34. The first-order valence-electron chi connectivity index (χ1n) is 6.58. The highest BCUT2D eigenvalue weighted by Gasteiger charge is 2.20. The van der Waals surface area contributed by atoms with E-state index in [-0.39, 0.29) is 31.6 Å². The quantitative estimate of drug-likeness (QED) is 0.524. The Morgan fingerprint density at radius 2 is 1.75 bits per heavy atom. The van der Waals surface area contributed by atoms with Crippen molar-refractivity contribution in [1.29, 1.82) is 0 Å². The van der Waals surface area contributed by atoms with Gasteiger partial charge in [-0.2, -0.15) is 0 Å². The van der Waals surface area contributed by atoms with Crippen LogP contribution in [0.5, 0.6) is 0 Å². The first-order valence-corrected chi connectivity index (χ1v) is 6.58. The molecule has 0 aromatic heterocycles. The Hall–Kier alpha value is -1.63. The van der Waals surface area contributed by atoms with Crippen molar-refractivity contribution in [3.05, 3.63) is 0 Å². The van der Waals surface area contributed by atoms with Crippen molar-refractivity contribution >= 4 is 17.8 Å². The minimum absolute atomic E-state index is 0.0417. The van der Waals surface area contributed by atoms with Gasteiger partial charge in [0.2, 0.25) is 11.8 Å². The van der Waals surface area contributed by atoms with Gasteiger partial charge in [-0.3, -0.25) is 9.59 Å². The smallest absolute Gasteiger partial charge is 0.329 e. The number of nitrogens with one attached hydrogen (secondary N) is 2. The summed E-state index contributed by atoms with van der Waals surface area (Å²) in [6.07, 6.45) is 0.868. The summed E-state index contributed by atoms with van der Waals surface area (Å²) in [5.41, 5.74) is -0.427. The van der Waals surface area contributed by atoms with Gasteiger partial charge in [-0.25, -0.2) is 4.79 Å². The Bertz CT molecular complexity index is 336. The number of hydrogen-bond donors (Lipinski definition) is 3. The van der Waals surface area contributed by atoms with Gasteiger partial charge in [0, 0.05) is 24.9 Å². The molecule has 7 nitrogen and oxygen atoms in total. The topological polar surface area (TPSA) is 105 Å². The Morgan fingerprint density at radius 1 is 1.10 bits per heavy atom. The van der Waals surface area contributed by atoms with E-state index >= 15 is 0 Å². The SMILES string of the molecule is CC(C)(C)C(=O)NCCCC(=O)NCCOCC(=O)O. The molecule has 7 heteroatoms. The van der Waals surface area contributed by atoms with Crippen molar-refractivity contribution in [2.45, 2.75) is 33.6 Å². The van der Waals surface area contributed by atoms with Crippen LogP contribution in [0.15, 0.2) is 0 Å². The molecular formula is C13H24N2O5. The average Bonchev–Trinajstić information content (AvgIpc) is 2.32. The molecule has 20 heavy (non-hydrogen) atoms. The van der Waals surface area contributed by atoms with Crippen molar-refractivity contribution in [2.24, 2.45) is 5.41 Å². The molecule has 0 atom stereocenters. The molecule has 0 saturated carbocycles. The van der Waals surface area contributed by atoms with Gasteiger partial charge in [0.05, 0.1) is 6.61 Å². The maximum Gasteiger partial charge on any atom is 0.329 e. The van der Waals surface area contributed by atoms with Crippen LogP contribution in [0.1, 0.15) is 33.6 Å². The molecule has 0 saturated heterocycles.